The third-order valence-electron chi connectivity index (χ3n) is 2.40. The van der Waals surface area contributed by atoms with Crippen molar-refractivity contribution < 1.29 is 26.9 Å². The molecule has 0 aliphatic rings. The van der Waals surface area contributed by atoms with Crippen LogP contribution in [-0.2, 0) is 10.1 Å². The highest BCUT2D eigenvalue weighted by molar-refractivity contribution is 7.85. The summed E-state index contributed by atoms with van der Waals surface area (Å²) in [6.07, 6.45) is 3.53. The number of thiophene rings is 1. The molecule has 2 heterocycles. The summed E-state index contributed by atoms with van der Waals surface area (Å²) in [7, 11) is -3.67. The van der Waals surface area contributed by atoms with Gasteiger partial charge in [-0.25, -0.2) is 4.79 Å². The van der Waals surface area contributed by atoms with Gasteiger partial charge in [-0.15, -0.1) is 11.3 Å². The van der Waals surface area contributed by atoms with Gasteiger partial charge in [-0.1, -0.05) is 0 Å². The van der Waals surface area contributed by atoms with Crippen LogP contribution < -0.4 is 4.74 Å². The van der Waals surface area contributed by atoms with Gasteiger partial charge in [0.25, 0.3) is 10.1 Å². The Kier molecular flexibility index (Phi) is 4.96. The first-order valence-corrected chi connectivity index (χ1v) is 8.70. The van der Waals surface area contributed by atoms with Gasteiger partial charge in [0.2, 0.25) is 0 Å². The molecule has 0 saturated heterocycles. The first kappa shape index (κ1) is 16.2. The van der Waals surface area contributed by atoms with Crippen LogP contribution in [0.2, 0.25) is 0 Å². The molecule has 1 N–H and O–H groups in total. The van der Waals surface area contributed by atoms with Crippen LogP contribution in [0.1, 0.15) is 10.4 Å². The van der Waals surface area contributed by atoms with Gasteiger partial charge in [0.15, 0.2) is 0 Å². The summed E-state index contributed by atoms with van der Waals surface area (Å²) in [5.41, 5.74) is 0.413. The number of benzene rings is 1. The normalized spacial score (nSPS) is 10.8. The first-order valence-electron chi connectivity index (χ1n) is 5.97. The minimum absolute atomic E-state index is 0.408. The van der Waals surface area contributed by atoms with Gasteiger partial charge in [-0.3, -0.25) is 4.55 Å². The van der Waals surface area contributed by atoms with Crippen LogP contribution in [0.25, 0.3) is 10.1 Å². The smallest absolute Gasteiger partial charge is 0.346 e. The topological polar surface area (TPSA) is 93.8 Å². The van der Waals surface area contributed by atoms with Gasteiger partial charge in [-0.2, -0.15) is 8.42 Å². The molecule has 0 spiro atoms. The third kappa shape index (κ3) is 4.99. The van der Waals surface area contributed by atoms with E-state index in [2.05, 4.69) is 0 Å². The van der Waals surface area contributed by atoms with E-state index < -0.39 is 16.1 Å². The predicted molar refractivity (Wildman–Crippen MR) is 83.0 cm³/mol. The lowest BCUT2D eigenvalue weighted by atomic mass is 10.2. The van der Waals surface area contributed by atoms with Crippen molar-refractivity contribution in [3.05, 3.63) is 53.8 Å². The number of carbonyl (C=O) groups is 1. The summed E-state index contributed by atoms with van der Waals surface area (Å²) in [5, 5.41) is 3.16. The van der Waals surface area contributed by atoms with Gasteiger partial charge in [0.05, 0.1) is 18.1 Å². The third-order valence-corrected chi connectivity index (χ3v) is 3.27. The maximum atomic E-state index is 11.7. The van der Waals surface area contributed by atoms with Crippen LogP contribution in [-0.4, -0.2) is 25.2 Å². The van der Waals surface area contributed by atoms with E-state index in [1.807, 2.05) is 23.6 Å². The molecule has 0 amide bonds. The van der Waals surface area contributed by atoms with Gasteiger partial charge in [0.1, 0.15) is 12.0 Å². The summed E-state index contributed by atoms with van der Waals surface area (Å²) in [5.74, 6) is 0.140. The number of hydrogen-bond acceptors (Lipinski definition) is 6. The average Bonchev–Trinajstić information content (AvgIpc) is 3.07. The molecule has 6 nitrogen and oxygen atoms in total. The second-order valence-corrected chi connectivity index (χ2v) is 6.67. The molecule has 0 radical (unpaired) electrons. The Morgan fingerprint density at radius 1 is 1.27 bits per heavy atom. The van der Waals surface area contributed by atoms with E-state index in [0.29, 0.717) is 17.6 Å². The molecule has 3 rings (SSSR count). The molecule has 0 atom stereocenters. The van der Waals surface area contributed by atoms with Crippen molar-refractivity contribution >= 4 is 37.5 Å². The van der Waals surface area contributed by atoms with Gasteiger partial charge in [-0.05, 0) is 41.1 Å². The minimum atomic E-state index is -3.67. The maximum absolute atomic E-state index is 11.7. The molecule has 0 aliphatic heterocycles. The van der Waals surface area contributed by atoms with Crippen molar-refractivity contribution in [1.29, 1.82) is 0 Å². The van der Waals surface area contributed by atoms with Gasteiger partial charge in [0, 0.05) is 4.70 Å². The minimum Gasteiger partial charge on any atom is -0.472 e. The second-order valence-electron chi connectivity index (χ2n) is 4.25. The fourth-order valence-corrected chi connectivity index (χ4v) is 2.36. The lowest BCUT2D eigenvalue weighted by Crippen LogP contribution is -2.06. The lowest BCUT2D eigenvalue weighted by Gasteiger charge is -2.02. The molecule has 2 aromatic heterocycles. The van der Waals surface area contributed by atoms with E-state index in [0.717, 1.165) is 10.1 Å². The molecular formula is C14H12O6S2. The second kappa shape index (κ2) is 6.73. The van der Waals surface area contributed by atoms with Gasteiger partial charge < -0.3 is 9.15 Å². The van der Waals surface area contributed by atoms with E-state index in [9.17, 15) is 13.2 Å². The highest BCUT2D eigenvalue weighted by Crippen LogP contribution is 2.25. The van der Waals surface area contributed by atoms with Crippen LogP contribution in [0.4, 0.5) is 0 Å². The number of furan rings is 1. The lowest BCUT2D eigenvalue weighted by molar-refractivity contribution is 0.0734. The van der Waals surface area contributed by atoms with Crippen molar-refractivity contribution in [3.63, 3.8) is 0 Å². The number of hydrogen-bond donors (Lipinski definition) is 1. The van der Waals surface area contributed by atoms with Crippen LogP contribution >= 0.6 is 11.3 Å². The molecule has 1 aromatic carbocycles. The maximum Gasteiger partial charge on any atom is 0.346 e. The Morgan fingerprint density at radius 3 is 2.64 bits per heavy atom. The Balaban J connectivity index is 0.000000309. The van der Waals surface area contributed by atoms with Gasteiger partial charge >= 0.3 is 5.97 Å². The standard InChI is InChI=1S/C13H8O3S.CH4O3S/c14-13(10-3-5-15-8-10)16-11-2-1-9-4-6-17-12(9)7-11;1-5(2,3)4/h1-8H;1H3,(H,2,3,4). The molecule has 0 fully saturated rings. The largest absolute Gasteiger partial charge is 0.472 e. The fourth-order valence-electron chi connectivity index (χ4n) is 1.55. The Labute approximate surface area is 130 Å². The summed E-state index contributed by atoms with van der Waals surface area (Å²) in [6.45, 7) is 0. The monoisotopic (exact) mass is 340 g/mol. The van der Waals surface area contributed by atoms with Crippen molar-refractivity contribution in [2.45, 2.75) is 0 Å². The summed E-state index contributed by atoms with van der Waals surface area (Å²) in [4.78, 5) is 11.7. The van der Waals surface area contributed by atoms with Crippen molar-refractivity contribution in [1.82, 2.24) is 0 Å². The molecule has 0 bridgehead atoms. The molecule has 0 saturated carbocycles. The van der Waals surface area contributed by atoms with E-state index in [4.69, 9.17) is 13.7 Å². The van der Waals surface area contributed by atoms with Crippen LogP contribution in [0.5, 0.6) is 5.75 Å². The quantitative estimate of drug-likeness (QED) is 0.437. The Morgan fingerprint density at radius 2 is 2.00 bits per heavy atom. The average molecular weight is 340 g/mol. The highest BCUT2D eigenvalue weighted by atomic mass is 32.2. The highest BCUT2D eigenvalue weighted by Gasteiger charge is 2.10. The van der Waals surface area contributed by atoms with Crippen LogP contribution in [0.3, 0.4) is 0 Å². The van der Waals surface area contributed by atoms with E-state index in [1.54, 1.807) is 23.5 Å². The van der Waals surface area contributed by atoms with E-state index in [1.165, 1.54) is 12.5 Å². The van der Waals surface area contributed by atoms with Crippen molar-refractivity contribution in [2.24, 2.45) is 0 Å². The fraction of sp³-hybridized carbons (Fsp3) is 0.0714. The van der Waals surface area contributed by atoms with Crippen molar-refractivity contribution in [3.8, 4) is 5.75 Å². The number of ether oxygens (including phenoxy) is 1. The van der Waals surface area contributed by atoms with E-state index >= 15 is 0 Å². The van der Waals surface area contributed by atoms with E-state index in [-0.39, 0.29) is 0 Å². The Bertz CT molecular complexity index is 854. The van der Waals surface area contributed by atoms with Crippen molar-refractivity contribution in [2.75, 3.05) is 6.26 Å². The summed E-state index contributed by atoms with van der Waals surface area (Å²) < 4.78 is 37.0. The summed E-state index contributed by atoms with van der Waals surface area (Å²) >= 11 is 1.62. The van der Waals surface area contributed by atoms with Crippen LogP contribution in [0.15, 0.2) is 52.7 Å². The first-order chi connectivity index (χ1) is 10.3. The summed E-state index contributed by atoms with van der Waals surface area (Å²) in [6, 6.07) is 9.18. The predicted octanol–water partition coefficient (Wildman–Crippen LogP) is 3.22. The van der Waals surface area contributed by atoms with Crippen LogP contribution in [0, 0.1) is 0 Å². The Hall–Kier alpha value is -2.16. The zero-order valence-electron chi connectivity index (χ0n) is 11.4. The molecule has 22 heavy (non-hydrogen) atoms. The molecule has 8 heteroatoms. The molecule has 116 valence electrons. The number of fused-ring (bicyclic) bond motifs is 1. The SMILES string of the molecule is CS(=O)(=O)O.O=C(Oc1ccc2ccsc2c1)c1ccoc1. The molecule has 0 aliphatic carbocycles. The number of esters is 1. The number of carbonyl (C=O) groups excluding carboxylic acids is 1. The molecule has 0 unspecified atom stereocenters. The zero-order chi connectivity index (χ0) is 16.2. The number of rotatable bonds is 2. The molecular weight excluding hydrogens is 328 g/mol. The zero-order valence-corrected chi connectivity index (χ0v) is 13.1. The molecule has 3 aromatic rings.